The number of aromatic carboxylic acids is 1. The van der Waals surface area contributed by atoms with E-state index in [0.29, 0.717) is 52.3 Å². The van der Waals surface area contributed by atoms with Crippen molar-refractivity contribution >= 4 is 29.1 Å². The van der Waals surface area contributed by atoms with Crippen LogP contribution in [0.15, 0.2) is 59.5 Å². The van der Waals surface area contributed by atoms with Crippen LogP contribution in [0.4, 0.5) is 0 Å². The first-order chi connectivity index (χ1) is 19.1. The zero-order chi connectivity index (χ0) is 29.0. The van der Waals surface area contributed by atoms with Crippen LogP contribution in [0, 0.1) is 5.92 Å². The van der Waals surface area contributed by atoms with Crippen molar-refractivity contribution in [1.82, 2.24) is 4.57 Å². The summed E-state index contributed by atoms with van der Waals surface area (Å²) in [5.41, 5.74) is 1.58. The molecule has 1 saturated carbocycles. The number of carboxylic acid groups (broad SMARTS) is 1. The first-order valence-electron chi connectivity index (χ1n) is 13.2. The molecule has 1 aromatic heterocycles. The Balaban J connectivity index is 1.74. The monoisotopic (exact) mass is 565 g/mol. The lowest BCUT2D eigenvalue weighted by Gasteiger charge is -2.29. The van der Waals surface area contributed by atoms with Crippen LogP contribution in [0.3, 0.4) is 0 Å². The van der Waals surface area contributed by atoms with Crippen molar-refractivity contribution in [2.45, 2.75) is 57.6 Å². The van der Waals surface area contributed by atoms with E-state index in [1.165, 1.54) is 43.0 Å². The summed E-state index contributed by atoms with van der Waals surface area (Å²) in [6.07, 6.45) is 4.35. The fraction of sp³-hybridized carbons (Fsp3) is 0.355. The molecule has 0 radical (unpaired) electrons. The predicted octanol–water partition coefficient (Wildman–Crippen LogP) is 5.37. The average Bonchev–Trinajstić information content (AvgIpc) is 2.92. The van der Waals surface area contributed by atoms with Crippen LogP contribution in [-0.2, 0) is 11.2 Å². The normalized spacial score (nSPS) is 17.7. The molecule has 2 aromatic carbocycles. The number of aliphatic hydroxyl groups excluding tert-OH is 1. The average molecular weight is 566 g/mol. The van der Waals surface area contributed by atoms with Crippen molar-refractivity contribution in [1.29, 1.82) is 0 Å². The van der Waals surface area contributed by atoms with Gasteiger partial charge in [0, 0.05) is 28.6 Å². The lowest BCUT2D eigenvalue weighted by molar-refractivity contribution is -0.122. The molecule has 0 saturated heterocycles. The van der Waals surface area contributed by atoms with E-state index in [1.54, 1.807) is 30.3 Å². The summed E-state index contributed by atoms with van der Waals surface area (Å²) >= 11 is 6.22. The number of aromatic nitrogens is 1. The number of halogens is 1. The van der Waals surface area contributed by atoms with Gasteiger partial charge in [-0.05, 0) is 86.4 Å². The summed E-state index contributed by atoms with van der Waals surface area (Å²) in [5.74, 6) is -0.993. The van der Waals surface area contributed by atoms with E-state index in [1.807, 2.05) is 0 Å². The number of carbonyl (C=O) groups is 3. The fourth-order valence-corrected chi connectivity index (χ4v) is 5.54. The quantitative estimate of drug-likeness (QED) is 0.317. The Labute approximate surface area is 237 Å². The van der Waals surface area contributed by atoms with Gasteiger partial charge in [-0.25, -0.2) is 4.79 Å². The molecular weight excluding hydrogens is 534 g/mol. The second kappa shape index (κ2) is 12.6. The topological polar surface area (TPSA) is 123 Å². The van der Waals surface area contributed by atoms with Crippen molar-refractivity contribution in [3.8, 4) is 16.9 Å². The molecule has 1 heterocycles. The first kappa shape index (κ1) is 29.2. The Hall–Kier alpha value is -3.75. The number of rotatable bonds is 10. The van der Waals surface area contributed by atoms with Gasteiger partial charge < -0.3 is 19.5 Å². The minimum absolute atomic E-state index is 0.0131. The highest BCUT2D eigenvalue weighted by molar-refractivity contribution is 6.31. The molecule has 40 heavy (non-hydrogen) atoms. The number of benzene rings is 2. The molecule has 1 atom stereocenters. The number of ketones is 2. The van der Waals surface area contributed by atoms with Crippen LogP contribution in [0.1, 0.15) is 71.3 Å². The van der Waals surface area contributed by atoms with Gasteiger partial charge >= 0.3 is 5.97 Å². The zero-order valence-electron chi connectivity index (χ0n) is 22.4. The minimum Gasteiger partial charge on any atom is -0.495 e. The fourth-order valence-electron chi connectivity index (χ4n) is 5.37. The van der Waals surface area contributed by atoms with Crippen LogP contribution < -0.4 is 10.3 Å². The van der Waals surface area contributed by atoms with Gasteiger partial charge in [0.25, 0.3) is 5.56 Å². The third-order valence-electron chi connectivity index (χ3n) is 7.57. The molecule has 4 rings (SSSR count). The molecule has 0 amide bonds. The van der Waals surface area contributed by atoms with Gasteiger partial charge in [-0.2, -0.15) is 0 Å². The molecule has 210 valence electrons. The van der Waals surface area contributed by atoms with Crippen molar-refractivity contribution in [3.63, 3.8) is 0 Å². The van der Waals surface area contributed by atoms with Gasteiger partial charge in [-0.15, -0.1) is 0 Å². The third kappa shape index (κ3) is 6.69. The number of nitrogens with zero attached hydrogens (tertiary/aromatic N) is 1. The summed E-state index contributed by atoms with van der Waals surface area (Å²) < 4.78 is 7.03. The first-order valence-corrected chi connectivity index (χ1v) is 13.6. The largest absolute Gasteiger partial charge is 0.495 e. The van der Waals surface area contributed by atoms with E-state index < -0.39 is 17.6 Å². The lowest BCUT2D eigenvalue weighted by atomic mass is 9.82. The SMILES string of the molecule is COc1cn(C(CC2CCC(O)CC2)C(=O)Cc2ccc(C(=O)O)cc2)c(=O)cc1-c1cc(Cl)ccc1C(C)=O. The molecule has 8 nitrogen and oxygen atoms in total. The van der Waals surface area contributed by atoms with E-state index >= 15 is 0 Å². The highest BCUT2D eigenvalue weighted by Crippen LogP contribution is 2.36. The van der Waals surface area contributed by atoms with Crippen molar-refractivity contribution in [2.24, 2.45) is 5.92 Å². The summed E-state index contributed by atoms with van der Waals surface area (Å²) in [6.45, 7) is 1.43. The maximum absolute atomic E-state index is 13.7. The Bertz CT molecular complexity index is 1470. The molecule has 0 aliphatic heterocycles. The van der Waals surface area contributed by atoms with Gasteiger partial charge in [0.15, 0.2) is 11.6 Å². The summed E-state index contributed by atoms with van der Waals surface area (Å²) in [6, 6.07) is 11.5. The van der Waals surface area contributed by atoms with Crippen LogP contribution in [0.25, 0.3) is 11.1 Å². The van der Waals surface area contributed by atoms with Crippen LogP contribution >= 0.6 is 11.6 Å². The zero-order valence-corrected chi connectivity index (χ0v) is 23.2. The smallest absolute Gasteiger partial charge is 0.335 e. The van der Waals surface area contributed by atoms with Crippen molar-refractivity contribution in [3.05, 3.63) is 86.8 Å². The van der Waals surface area contributed by atoms with E-state index in [2.05, 4.69) is 0 Å². The van der Waals surface area contributed by atoms with Crippen LogP contribution in [-0.4, -0.2) is 45.5 Å². The number of ether oxygens (including phenoxy) is 1. The number of aliphatic hydroxyl groups is 1. The van der Waals surface area contributed by atoms with Crippen molar-refractivity contribution in [2.75, 3.05) is 7.11 Å². The van der Waals surface area contributed by atoms with E-state index in [-0.39, 0.29) is 35.6 Å². The standard InChI is InChI=1S/C31H32ClNO7/c1-18(34)24-12-9-22(32)15-25(24)26-16-30(37)33(17-29(26)40-2)27(13-19-5-10-23(35)11-6-19)28(36)14-20-3-7-21(8-4-20)31(38)39/h3-4,7-9,12,15-17,19,23,27,35H,5-6,10-11,13-14H2,1-2H3,(H,38,39). The van der Waals surface area contributed by atoms with E-state index in [9.17, 15) is 29.4 Å². The third-order valence-corrected chi connectivity index (χ3v) is 7.81. The summed E-state index contributed by atoms with van der Waals surface area (Å²) in [7, 11) is 1.45. The van der Waals surface area contributed by atoms with Gasteiger partial charge in [0.2, 0.25) is 0 Å². The molecule has 2 N–H and O–H groups in total. The summed E-state index contributed by atoms with van der Waals surface area (Å²) in [4.78, 5) is 50.9. The molecule has 1 aliphatic rings. The van der Waals surface area contributed by atoms with Crippen molar-refractivity contribution < 1.29 is 29.3 Å². The molecule has 1 unspecified atom stereocenters. The molecule has 9 heteroatoms. The number of methoxy groups -OCH3 is 1. The van der Waals surface area contributed by atoms with Gasteiger partial charge in [0.05, 0.1) is 31.0 Å². The maximum Gasteiger partial charge on any atom is 0.335 e. The van der Waals surface area contributed by atoms with E-state index in [0.717, 1.165) is 12.8 Å². The number of Topliss-reactive ketones (excluding diaryl/α,β-unsaturated/α-hetero) is 2. The van der Waals surface area contributed by atoms with Gasteiger partial charge in [0.1, 0.15) is 5.75 Å². The van der Waals surface area contributed by atoms with Gasteiger partial charge in [-0.1, -0.05) is 23.7 Å². The van der Waals surface area contributed by atoms with Crippen LogP contribution in [0.5, 0.6) is 5.75 Å². The molecule has 1 fully saturated rings. The maximum atomic E-state index is 13.7. The van der Waals surface area contributed by atoms with E-state index in [4.69, 9.17) is 16.3 Å². The Morgan fingerprint density at radius 3 is 2.30 bits per heavy atom. The number of hydrogen-bond donors (Lipinski definition) is 2. The number of pyridine rings is 1. The van der Waals surface area contributed by atoms with Crippen LogP contribution in [0.2, 0.25) is 5.02 Å². The second-order valence-electron chi connectivity index (χ2n) is 10.3. The molecular formula is C31H32ClNO7. The Morgan fingerprint density at radius 1 is 1.02 bits per heavy atom. The highest BCUT2D eigenvalue weighted by atomic mass is 35.5. The molecule has 1 aliphatic carbocycles. The lowest BCUT2D eigenvalue weighted by Crippen LogP contribution is -2.33. The minimum atomic E-state index is -1.05. The number of carboxylic acids is 1. The number of carbonyl (C=O) groups excluding carboxylic acids is 2. The highest BCUT2D eigenvalue weighted by Gasteiger charge is 2.29. The number of hydrogen-bond acceptors (Lipinski definition) is 6. The Kier molecular flexibility index (Phi) is 9.22. The molecule has 0 bridgehead atoms. The summed E-state index contributed by atoms with van der Waals surface area (Å²) in [5, 5.41) is 19.5. The molecule has 3 aromatic rings. The predicted molar refractivity (Wildman–Crippen MR) is 151 cm³/mol. The Morgan fingerprint density at radius 2 is 1.70 bits per heavy atom. The second-order valence-corrected chi connectivity index (χ2v) is 10.8. The van der Waals surface area contributed by atoms with Gasteiger partial charge in [-0.3, -0.25) is 14.4 Å². The molecule has 0 spiro atoms.